The Labute approximate surface area is 85.0 Å². The van der Waals surface area contributed by atoms with Gasteiger partial charge >= 0.3 is 5.97 Å². The minimum Gasteiger partial charge on any atom is -0.457 e. The lowest BCUT2D eigenvalue weighted by Gasteiger charge is -1.99. The van der Waals surface area contributed by atoms with Crippen LogP contribution in [0.15, 0.2) is 18.2 Å². The Morgan fingerprint density at radius 3 is 3.08 bits per heavy atom. The van der Waals surface area contributed by atoms with Crippen LogP contribution in [0.25, 0.3) is 0 Å². The molecule has 0 atom stereocenters. The number of aryl methyl sites for hydroxylation is 1. The van der Waals surface area contributed by atoms with Crippen LogP contribution in [0.4, 0.5) is 0 Å². The summed E-state index contributed by atoms with van der Waals surface area (Å²) >= 11 is 3.37. The molecule has 1 heterocycles. The number of hydrogen-bond donors (Lipinski definition) is 0. The molecule has 0 saturated carbocycles. The number of cyclic esters (lactones) is 1. The van der Waals surface area contributed by atoms with E-state index < -0.39 is 0 Å². The molecule has 68 valence electrons. The maximum atomic E-state index is 11.2. The van der Waals surface area contributed by atoms with Crippen molar-refractivity contribution in [3.63, 3.8) is 0 Å². The number of alkyl halides is 1. The van der Waals surface area contributed by atoms with Gasteiger partial charge in [0.25, 0.3) is 0 Å². The van der Waals surface area contributed by atoms with Gasteiger partial charge in [-0.25, -0.2) is 4.79 Å². The summed E-state index contributed by atoms with van der Waals surface area (Å²) in [6.07, 6.45) is 0.945. The van der Waals surface area contributed by atoms with E-state index in [0.29, 0.717) is 6.61 Å². The molecule has 13 heavy (non-hydrogen) atoms. The highest BCUT2D eigenvalue weighted by atomic mass is 79.9. The van der Waals surface area contributed by atoms with Crippen molar-refractivity contribution in [2.75, 3.05) is 5.33 Å². The lowest BCUT2D eigenvalue weighted by molar-refractivity contribution is 0.0535. The van der Waals surface area contributed by atoms with Crippen molar-refractivity contribution in [1.82, 2.24) is 0 Å². The first-order valence-electron chi connectivity index (χ1n) is 4.16. The molecular formula is C10H9BrO2. The fraction of sp³-hybridized carbons (Fsp3) is 0.300. The molecule has 0 aromatic heterocycles. The molecular weight excluding hydrogens is 232 g/mol. The smallest absolute Gasteiger partial charge is 0.338 e. The minimum absolute atomic E-state index is 0.188. The first-order chi connectivity index (χ1) is 6.31. The highest BCUT2D eigenvalue weighted by molar-refractivity contribution is 9.09. The highest BCUT2D eigenvalue weighted by Gasteiger charge is 2.20. The van der Waals surface area contributed by atoms with Gasteiger partial charge < -0.3 is 4.74 Å². The van der Waals surface area contributed by atoms with Gasteiger partial charge in [0.05, 0.1) is 5.56 Å². The molecule has 0 saturated heterocycles. The first-order valence-corrected chi connectivity index (χ1v) is 5.28. The zero-order chi connectivity index (χ0) is 9.26. The van der Waals surface area contributed by atoms with Gasteiger partial charge in [-0.15, -0.1) is 0 Å². The summed E-state index contributed by atoms with van der Waals surface area (Å²) in [5, 5.41) is 0.917. The minimum atomic E-state index is -0.188. The Morgan fingerprint density at radius 2 is 2.31 bits per heavy atom. The summed E-state index contributed by atoms with van der Waals surface area (Å²) in [6, 6.07) is 5.94. The Hall–Kier alpha value is -0.830. The first kappa shape index (κ1) is 8.75. The molecule has 2 rings (SSSR count). The predicted octanol–water partition coefficient (Wildman–Crippen LogP) is 2.29. The van der Waals surface area contributed by atoms with Crippen LogP contribution in [0.5, 0.6) is 0 Å². The third-order valence-electron chi connectivity index (χ3n) is 2.14. The van der Waals surface area contributed by atoms with Crippen LogP contribution in [0, 0.1) is 0 Å². The molecule has 0 bridgehead atoms. The number of benzene rings is 1. The number of carbonyl (C=O) groups excluding carboxylic acids is 1. The lowest BCUT2D eigenvalue weighted by Crippen LogP contribution is -1.95. The molecule has 0 amide bonds. The van der Waals surface area contributed by atoms with Crippen LogP contribution in [0.1, 0.15) is 21.5 Å². The molecule has 1 aromatic rings. The second kappa shape index (κ2) is 3.50. The standard InChI is InChI=1S/C10H9BrO2/c11-4-3-7-1-2-8-6-13-10(12)9(8)5-7/h1-2,5H,3-4,6H2. The quantitative estimate of drug-likeness (QED) is 0.586. The monoisotopic (exact) mass is 240 g/mol. The molecule has 0 fully saturated rings. The van der Waals surface area contributed by atoms with E-state index in [1.54, 1.807) is 0 Å². The molecule has 0 unspecified atom stereocenters. The van der Waals surface area contributed by atoms with E-state index in [4.69, 9.17) is 4.74 Å². The fourth-order valence-corrected chi connectivity index (χ4v) is 1.88. The fourth-order valence-electron chi connectivity index (χ4n) is 1.43. The van der Waals surface area contributed by atoms with E-state index in [-0.39, 0.29) is 5.97 Å². The normalized spacial score (nSPS) is 14.1. The molecule has 1 aliphatic rings. The number of esters is 1. The van der Waals surface area contributed by atoms with Crippen LogP contribution in [0.3, 0.4) is 0 Å². The van der Waals surface area contributed by atoms with Gasteiger partial charge in [0.15, 0.2) is 0 Å². The summed E-state index contributed by atoms with van der Waals surface area (Å²) < 4.78 is 4.91. The number of hydrogen-bond acceptors (Lipinski definition) is 2. The zero-order valence-electron chi connectivity index (χ0n) is 7.05. The van der Waals surface area contributed by atoms with Crippen LogP contribution in [-0.2, 0) is 17.8 Å². The largest absolute Gasteiger partial charge is 0.457 e. The van der Waals surface area contributed by atoms with Crippen molar-refractivity contribution in [2.24, 2.45) is 0 Å². The summed E-state index contributed by atoms with van der Waals surface area (Å²) in [7, 11) is 0. The number of fused-ring (bicyclic) bond motifs is 1. The third kappa shape index (κ3) is 1.61. The van der Waals surface area contributed by atoms with Crippen molar-refractivity contribution < 1.29 is 9.53 Å². The van der Waals surface area contributed by atoms with Crippen LogP contribution in [-0.4, -0.2) is 11.3 Å². The lowest BCUT2D eigenvalue weighted by atomic mass is 10.0. The summed E-state index contributed by atoms with van der Waals surface area (Å²) in [6.45, 7) is 0.433. The van der Waals surface area contributed by atoms with Gasteiger partial charge in [-0.05, 0) is 18.1 Å². The van der Waals surface area contributed by atoms with E-state index in [2.05, 4.69) is 15.9 Å². The van der Waals surface area contributed by atoms with Gasteiger partial charge in [0.1, 0.15) is 6.61 Å². The highest BCUT2D eigenvalue weighted by Crippen LogP contribution is 2.21. The molecule has 0 radical (unpaired) electrons. The molecule has 0 spiro atoms. The van der Waals surface area contributed by atoms with E-state index in [1.165, 1.54) is 5.56 Å². The van der Waals surface area contributed by atoms with E-state index in [9.17, 15) is 4.79 Å². The van der Waals surface area contributed by atoms with Crippen molar-refractivity contribution >= 4 is 21.9 Å². The van der Waals surface area contributed by atoms with Crippen LogP contribution < -0.4 is 0 Å². The van der Waals surface area contributed by atoms with Gasteiger partial charge in [0, 0.05) is 10.9 Å². The number of halogens is 1. The van der Waals surface area contributed by atoms with Crippen LogP contribution >= 0.6 is 15.9 Å². The maximum absolute atomic E-state index is 11.2. The van der Waals surface area contributed by atoms with Gasteiger partial charge in [-0.1, -0.05) is 28.1 Å². The Morgan fingerprint density at radius 1 is 1.46 bits per heavy atom. The van der Waals surface area contributed by atoms with Crippen LogP contribution in [0.2, 0.25) is 0 Å². The van der Waals surface area contributed by atoms with Gasteiger partial charge in [-0.2, -0.15) is 0 Å². The van der Waals surface area contributed by atoms with Crippen molar-refractivity contribution in [3.8, 4) is 0 Å². The molecule has 0 N–H and O–H groups in total. The summed E-state index contributed by atoms with van der Waals surface area (Å²) in [4.78, 5) is 11.2. The maximum Gasteiger partial charge on any atom is 0.338 e. The van der Waals surface area contributed by atoms with Crippen molar-refractivity contribution in [3.05, 3.63) is 34.9 Å². The van der Waals surface area contributed by atoms with E-state index >= 15 is 0 Å². The predicted molar refractivity (Wildman–Crippen MR) is 53.1 cm³/mol. The molecule has 1 aromatic carbocycles. The molecule has 0 aliphatic carbocycles. The van der Waals surface area contributed by atoms with Crippen molar-refractivity contribution in [1.29, 1.82) is 0 Å². The van der Waals surface area contributed by atoms with Gasteiger partial charge in [-0.3, -0.25) is 0 Å². The zero-order valence-corrected chi connectivity index (χ0v) is 8.63. The van der Waals surface area contributed by atoms with Crippen molar-refractivity contribution in [2.45, 2.75) is 13.0 Å². The Kier molecular flexibility index (Phi) is 2.36. The second-order valence-electron chi connectivity index (χ2n) is 3.01. The molecule has 2 nitrogen and oxygen atoms in total. The SMILES string of the molecule is O=C1OCc2ccc(CCBr)cc21. The number of ether oxygens (including phenoxy) is 1. The average Bonchev–Trinajstić information content (AvgIpc) is 2.49. The Bertz CT molecular complexity index is 347. The number of rotatable bonds is 2. The Balaban J connectivity index is 2.36. The van der Waals surface area contributed by atoms with E-state index in [0.717, 1.165) is 22.9 Å². The average molecular weight is 241 g/mol. The van der Waals surface area contributed by atoms with Gasteiger partial charge in [0.2, 0.25) is 0 Å². The molecule has 1 aliphatic heterocycles. The topological polar surface area (TPSA) is 26.3 Å². The summed E-state index contributed by atoms with van der Waals surface area (Å²) in [5.41, 5.74) is 2.91. The van der Waals surface area contributed by atoms with E-state index in [1.807, 2.05) is 18.2 Å². The summed E-state index contributed by atoms with van der Waals surface area (Å²) in [5.74, 6) is -0.188. The number of carbonyl (C=O) groups is 1. The third-order valence-corrected chi connectivity index (χ3v) is 2.53. The molecule has 3 heteroatoms. The second-order valence-corrected chi connectivity index (χ2v) is 3.80.